The second kappa shape index (κ2) is 10.3. The van der Waals surface area contributed by atoms with Crippen LogP contribution >= 0.6 is 0 Å². The summed E-state index contributed by atoms with van der Waals surface area (Å²) in [7, 11) is 0. The molecule has 1 fully saturated rings. The lowest BCUT2D eigenvalue weighted by molar-refractivity contribution is 0.0911. The van der Waals surface area contributed by atoms with Crippen LogP contribution < -0.4 is 15.6 Å². The van der Waals surface area contributed by atoms with Crippen LogP contribution in [0.4, 0.5) is 0 Å². The minimum absolute atomic E-state index is 0.0745. The number of aromatic amines is 1. The van der Waals surface area contributed by atoms with Crippen LogP contribution in [0.3, 0.4) is 0 Å². The number of ether oxygens (including phenoxy) is 1. The molecule has 0 aliphatic heterocycles. The first-order valence-electron chi connectivity index (χ1n) is 11.3. The highest BCUT2D eigenvalue weighted by Crippen LogP contribution is 2.27. The molecule has 0 spiro atoms. The van der Waals surface area contributed by atoms with Crippen LogP contribution in [-0.2, 0) is 6.61 Å². The average molecular weight is 449 g/mol. The molecule has 2 heterocycles. The Labute approximate surface area is 192 Å². The van der Waals surface area contributed by atoms with Crippen LogP contribution in [0.25, 0.3) is 11.5 Å². The molecular weight excluding hydrogens is 420 g/mol. The Hall–Kier alpha value is -3.68. The highest BCUT2D eigenvalue weighted by atomic mass is 16.5. The quantitative estimate of drug-likeness (QED) is 0.506. The summed E-state index contributed by atoms with van der Waals surface area (Å²) in [6.07, 6.45) is 7.17. The molecule has 4 rings (SSSR count). The first-order chi connectivity index (χ1) is 16.0. The van der Waals surface area contributed by atoms with Crippen LogP contribution in [0.1, 0.15) is 55.1 Å². The monoisotopic (exact) mass is 448 g/mol. The number of nitrogens with zero attached hydrogens (tertiary/aromatic N) is 2. The summed E-state index contributed by atoms with van der Waals surface area (Å²) >= 11 is 0. The van der Waals surface area contributed by atoms with Gasteiger partial charge in [-0.05, 0) is 37.3 Å². The molecule has 172 valence electrons. The van der Waals surface area contributed by atoms with Crippen LogP contribution in [0, 0.1) is 5.92 Å². The van der Waals surface area contributed by atoms with Crippen molar-refractivity contribution in [3.05, 3.63) is 70.3 Å². The minimum Gasteiger partial charge on any atom is -0.501 e. The fraction of sp³-hybridized carbons (Fsp3) is 0.360. The molecule has 0 radical (unpaired) electrons. The largest absolute Gasteiger partial charge is 0.501 e. The normalized spacial score (nSPS) is 15.1. The van der Waals surface area contributed by atoms with Crippen LogP contribution in [0.2, 0.25) is 0 Å². The topological polar surface area (TPSA) is 117 Å². The van der Waals surface area contributed by atoms with Crippen LogP contribution in [-0.4, -0.2) is 32.0 Å². The third kappa shape index (κ3) is 5.58. The highest BCUT2D eigenvalue weighted by Gasteiger charge is 2.25. The maximum absolute atomic E-state index is 12.8. The molecule has 1 atom stereocenters. The predicted octanol–water partition coefficient (Wildman–Crippen LogP) is 3.82. The van der Waals surface area contributed by atoms with Gasteiger partial charge in [0.1, 0.15) is 18.1 Å². The molecule has 3 aromatic rings. The van der Waals surface area contributed by atoms with Gasteiger partial charge in [0.15, 0.2) is 11.5 Å². The minimum atomic E-state index is -0.798. The van der Waals surface area contributed by atoms with Crippen molar-refractivity contribution in [2.24, 2.45) is 5.92 Å². The van der Waals surface area contributed by atoms with E-state index >= 15 is 0 Å². The summed E-state index contributed by atoms with van der Waals surface area (Å²) in [4.78, 5) is 36.1. The van der Waals surface area contributed by atoms with Crippen molar-refractivity contribution in [2.45, 2.75) is 51.7 Å². The molecule has 33 heavy (non-hydrogen) atoms. The third-order valence-corrected chi connectivity index (χ3v) is 6.05. The van der Waals surface area contributed by atoms with E-state index in [9.17, 15) is 14.7 Å². The smallest absolute Gasteiger partial charge is 0.294 e. The Morgan fingerprint density at radius 1 is 1.21 bits per heavy atom. The molecular formula is C25H28N4O4. The van der Waals surface area contributed by atoms with E-state index in [0.29, 0.717) is 24.0 Å². The van der Waals surface area contributed by atoms with E-state index in [1.807, 2.05) is 37.3 Å². The first-order valence-corrected chi connectivity index (χ1v) is 11.3. The van der Waals surface area contributed by atoms with Crippen molar-refractivity contribution >= 4 is 5.91 Å². The number of nitrogens with one attached hydrogen (secondary N) is 2. The summed E-state index contributed by atoms with van der Waals surface area (Å²) in [5.74, 6) is -0.278. The Morgan fingerprint density at radius 2 is 1.97 bits per heavy atom. The number of aromatic nitrogens is 3. The zero-order valence-corrected chi connectivity index (χ0v) is 18.6. The van der Waals surface area contributed by atoms with Crippen molar-refractivity contribution in [2.75, 3.05) is 0 Å². The first kappa shape index (κ1) is 22.5. The van der Waals surface area contributed by atoms with Gasteiger partial charge >= 0.3 is 0 Å². The highest BCUT2D eigenvalue weighted by molar-refractivity contribution is 5.95. The van der Waals surface area contributed by atoms with E-state index in [-0.39, 0.29) is 17.6 Å². The lowest BCUT2D eigenvalue weighted by Crippen LogP contribution is -2.39. The number of carbonyl (C=O) groups is 1. The van der Waals surface area contributed by atoms with Crippen LogP contribution in [0.15, 0.2) is 53.5 Å². The molecule has 1 aliphatic carbocycles. The number of hydrogen-bond acceptors (Lipinski definition) is 6. The SMILES string of the molecule is C[C@@H](NC(=O)c1nc(-c2cc(OCc3ccccc3)ccn2)[nH]c(=O)c1O)C1CCCCC1. The molecule has 0 unspecified atom stereocenters. The Morgan fingerprint density at radius 3 is 2.73 bits per heavy atom. The van der Waals surface area contributed by atoms with Gasteiger partial charge < -0.3 is 20.1 Å². The molecule has 1 saturated carbocycles. The van der Waals surface area contributed by atoms with Crippen molar-refractivity contribution in [1.29, 1.82) is 0 Å². The van der Waals surface area contributed by atoms with E-state index in [1.165, 1.54) is 12.6 Å². The molecule has 2 aromatic heterocycles. The summed E-state index contributed by atoms with van der Waals surface area (Å²) in [5.41, 5.74) is 0.229. The summed E-state index contributed by atoms with van der Waals surface area (Å²) in [6.45, 7) is 2.32. The predicted molar refractivity (Wildman–Crippen MR) is 124 cm³/mol. The summed E-state index contributed by atoms with van der Waals surface area (Å²) in [6, 6.07) is 13.0. The van der Waals surface area contributed by atoms with Crippen LogP contribution in [0.5, 0.6) is 11.5 Å². The van der Waals surface area contributed by atoms with E-state index < -0.39 is 17.2 Å². The second-order valence-electron chi connectivity index (χ2n) is 8.42. The number of rotatable bonds is 7. The fourth-order valence-corrected chi connectivity index (χ4v) is 4.15. The van der Waals surface area contributed by atoms with E-state index in [1.54, 1.807) is 12.1 Å². The zero-order valence-electron chi connectivity index (χ0n) is 18.6. The van der Waals surface area contributed by atoms with Gasteiger partial charge in [-0.2, -0.15) is 0 Å². The van der Waals surface area contributed by atoms with Crippen molar-refractivity contribution in [1.82, 2.24) is 20.3 Å². The Balaban J connectivity index is 1.53. The number of benzene rings is 1. The molecule has 1 aromatic carbocycles. The number of amides is 1. The molecule has 0 bridgehead atoms. The van der Waals surface area contributed by atoms with E-state index in [0.717, 1.165) is 31.2 Å². The lowest BCUT2D eigenvalue weighted by atomic mass is 9.84. The van der Waals surface area contributed by atoms with Gasteiger partial charge in [0.05, 0.1) is 0 Å². The van der Waals surface area contributed by atoms with Gasteiger partial charge in [0, 0.05) is 18.3 Å². The molecule has 0 saturated heterocycles. The molecule has 8 nitrogen and oxygen atoms in total. The van der Waals surface area contributed by atoms with Gasteiger partial charge in [-0.1, -0.05) is 49.6 Å². The van der Waals surface area contributed by atoms with E-state index in [4.69, 9.17) is 4.74 Å². The van der Waals surface area contributed by atoms with Gasteiger partial charge in [0.2, 0.25) is 5.75 Å². The number of carbonyl (C=O) groups excluding carboxylic acids is 1. The number of H-pyrrole nitrogens is 1. The maximum atomic E-state index is 12.8. The van der Waals surface area contributed by atoms with Crippen molar-refractivity contribution in [3.8, 4) is 23.0 Å². The lowest BCUT2D eigenvalue weighted by Gasteiger charge is -2.28. The standard InChI is InChI=1S/C25H28N4O4/c1-16(18-10-6-3-7-11-18)27-24(31)21-22(30)25(32)29-23(28-21)20-14-19(12-13-26-20)33-15-17-8-4-2-5-9-17/h2,4-5,8-9,12-14,16,18,30H,3,6-7,10-11,15H2,1H3,(H,27,31)(H,28,29,32)/t16-/m1/s1. The summed E-state index contributed by atoms with van der Waals surface area (Å²) < 4.78 is 5.82. The molecule has 1 amide bonds. The van der Waals surface area contributed by atoms with Crippen molar-refractivity contribution < 1.29 is 14.6 Å². The Kier molecular flexibility index (Phi) is 7.02. The van der Waals surface area contributed by atoms with Gasteiger partial charge in [-0.25, -0.2) is 4.98 Å². The van der Waals surface area contributed by atoms with Gasteiger partial charge in [-0.15, -0.1) is 0 Å². The zero-order chi connectivity index (χ0) is 23.2. The molecule has 3 N–H and O–H groups in total. The number of pyridine rings is 1. The van der Waals surface area contributed by atoms with Gasteiger partial charge in [-0.3, -0.25) is 14.6 Å². The second-order valence-corrected chi connectivity index (χ2v) is 8.42. The molecule has 8 heteroatoms. The number of hydrogen-bond donors (Lipinski definition) is 3. The van der Waals surface area contributed by atoms with E-state index in [2.05, 4.69) is 20.3 Å². The maximum Gasteiger partial charge on any atom is 0.294 e. The third-order valence-electron chi connectivity index (χ3n) is 6.05. The fourth-order valence-electron chi connectivity index (χ4n) is 4.15. The average Bonchev–Trinajstić information content (AvgIpc) is 2.85. The molecule has 1 aliphatic rings. The number of aromatic hydroxyl groups is 1. The van der Waals surface area contributed by atoms with Gasteiger partial charge in [0.25, 0.3) is 11.5 Å². The van der Waals surface area contributed by atoms with Crippen molar-refractivity contribution in [3.63, 3.8) is 0 Å². The summed E-state index contributed by atoms with van der Waals surface area (Å²) in [5, 5.41) is 13.1. The Bertz CT molecular complexity index is 1160.